The van der Waals surface area contributed by atoms with Gasteiger partial charge in [0.05, 0.1) is 0 Å². The molecule has 0 saturated carbocycles. The summed E-state index contributed by atoms with van der Waals surface area (Å²) in [5, 5.41) is -0.703. The van der Waals surface area contributed by atoms with Crippen LogP contribution in [0.1, 0.15) is 10.4 Å². The fourth-order valence-electron chi connectivity index (χ4n) is 2.68. The van der Waals surface area contributed by atoms with Crippen molar-refractivity contribution in [1.29, 1.82) is 0 Å². The Morgan fingerprint density at radius 2 is 1.59 bits per heavy atom. The molecule has 0 bridgehead atoms. The molecule has 3 rings (SSSR count). The third-order valence-electron chi connectivity index (χ3n) is 4.12. The van der Waals surface area contributed by atoms with Crippen molar-refractivity contribution in [2.45, 2.75) is 0 Å². The van der Waals surface area contributed by atoms with Crippen LogP contribution in [-0.4, -0.2) is 24.1 Å². The molecule has 2 aromatic carbocycles. The summed E-state index contributed by atoms with van der Waals surface area (Å²) < 4.78 is 73.3. The molecule has 0 fully saturated rings. The number of hydrogen-bond acceptors (Lipinski definition) is 4. The van der Waals surface area contributed by atoms with E-state index in [-0.39, 0.29) is 27.2 Å². The van der Waals surface area contributed by atoms with Gasteiger partial charge in [-0.25, -0.2) is 0 Å². The number of methoxy groups -OCH3 is 1. The second kappa shape index (κ2) is 9.52. The Balaban J connectivity index is 2.22. The van der Waals surface area contributed by atoms with E-state index >= 15 is 0 Å². The van der Waals surface area contributed by atoms with E-state index in [1.807, 2.05) is 0 Å². The van der Waals surface area contributed by atoms with Crippen LogP contribution in [0.4, 0.5) is 27.6 Å². The second-order valence-electron chi connectivity index (χ2n) is 5.96. The number of aromatic nitrogens is 1. The van der Waals surface area contributed by atoms with Crippen molar-refractivity contribution in [3.8, 4) is 17.0 Å². The summed E-state index contributed by atoms with van der Waals surface area (Å²) in [5.41, 5.74) is -1.58. The van der Waals surface area contributed by atoms with Crippen LogP contribution in [0.15, 0.2) is 29.3 Å². The summed E-state index contributed by atoms with van der Waals surface area (Å²) in [6.45, 7) is 0. The Morgan fingerprint density at radius 3 is 2.16 bits per heavy atom. The van der Waals surface area contributed by atoms with Crippen molar-refractivity contribution in [3.63, 3.8) is 0 Å². The molecule has 0 aliphatic rings. The molecule has 0 aliphatic heterocycles. The van der Waals surface area contributed by atoms with E-state index in [9.17, 15) is 26.7 Å². The molecule has 3 aromatic rings. The van der Waals surface area contributed by atoms with Crippen LogP contribution in [-0.2, 0) is 15.5 Å². The first-order valence-corrected chi connectivity index (χ1v) is 9.59. The molecule has 12 heteroatoms. The molecular weight excluding hydrogens is 525 g/mol. The molecule has 0 aliphatic carbocycles. The number of benzene rings is 2. The topological polar surface area (TPSA) is 51.5 Å². The summed E-state index contributed by atoms with van der Waals surface area (Å²) in [4.78, 5) is 20.0. The zero-order valence-electron chi connectivity index (χ0n) is 15.6. The zero-order chi connectivity index (χ0) is 23.7. The molecular formula is C20H8Cl2F5N2NiO2. The van der Waals surface area contributed by atoms with Gasteiger partial charge in [0.25, 0.3) is 0 Å². The number of hydrogen-bond donors (Lipinski definition) is 0. The van der Waals surface area contributed by atoms with Crippen LogP contribution in [0.2, 0.25) is 10.2 Å². The molecule has 0 saturated heterocycles. The monoisotopic (exact) mass is 531 g/mol. The van der Waals surface area contributed by atoms with Gasteiger partial charge < -0.3 is 0 Å². The van der Waals surface area contributed by atoms with Gasteiger partial charge in [0.1, 0.15) is 0 Å². The normalized spacial score (nSPS) is 11.3. The van der Waals surface area contributed by atoms with Crippen LogP contribution < -0.4 is 9.27 Å². The molecule has 0 atom stereocenters. The van der Waals surface area contributed by atoms with Gasteiger partial charge in [-0.1, -0.05) is 0 Å². The average Bonchev–Trinajstić information content (AvgIpc) is 2.78. The van der Waals surface area contributed by atoms with E-state index in [2.05, 4.69) is 9.98 Å². The first-order valence-electron chi connectivity index (χ1n) is 8.34. The van der Waals surface area contributed by atoms with Gasteiger partial charge in [0.2, 0.25) is 0 Å². The fourth-order valence-corrected chi connectivity index (χ4v) is 3.38. The van der Waals surface area contributed by atoms with Crippen molar-refractivity contribution in [3.05, 3.63) is 69.1 Å². The molecule has 0 radical (unpaired) electrons. The number of Topliss-reactive ketones (excluding diaryl/α,β-unsaturated/α-hetero) is 1. The minimum absolute atomic E-state index is 0.0117. The van der Waals surface area contributed by atoms with E-state index in [1.165, 1.54) is 7.11 Å². The summed E-state index contributed by atoms with van der Waals surface area (Å²) in [6.07, 6.45) is 0.341. The van der Waals surface area contributed by atoms with Crippen LogP contribution in [0.3, 0.4) is 0 Å². The first kappa shape index (κ1) is 24.1. The van der Waals surface area contributed by atoms with E-state index in [4.69, 9.17) is 43.4 Å². The number of ether oxygens (including phenoxy) is 1. The Labute approximate surface area is 195 Å². The van der Waals surface area contributed by atoms with Gasteiger partial charge in [0.15, 0.2) is 0 Å². The molecule has 169 valence electrons. The van der Waals surface area contributed by atoms with E-state index in [0.29, 0.717) is 16.3 Å². The summed E-state index contributed by atoms with van der Waals surface area (Å²) in [6, 6.07) is 6.36. The van der Waals surface area contributed by atoms with Gasteiger partial charge in [-0.2, -0.15) is 0 Å². The number of rotatable bonds is 5. The zero-order valence-corrected chi connectivity index (χ0v) is 18.1. The van der Waals surface area contributed by atoms with Crippen LogP contribution >= 0.6 is 23.2 Å². The molecule has 32 heavy (non-hydrogen) atoms. The number of nitrogens with zero attached hydrogens (tertiary/aromatic N) is 2. The Bertz CT molecular complexity index is 1260. The second-order valence-corrected chi connectivity index (χ2v) is 7.23. The van der Waals surface area contributed by atoms with Crippen molar-refractivity contribution in [2.24, 2.45) is 4.99 Å². The van der Waals surface area contributed by atoms with E-state index < -0.39 is 40.6 Å². The van der Waals surface area contributed by atoms with Gasteiger partial charge in [-0.15, -0.1) is 0 Å². The van der Waals surface area contributed by atoms with Crippen LogP contribution in [0, 0.1) is 29.1 Å². The Morgan fingerprint density at radius 1 is 1.03 bits per heavy atom. The van der Waals surface area contributed by atoms with Crippen LogP contribution in [0.25, 0.3) is 11.1 Å². The SMILES string of the molecule is COc1nc(Cl)c(Cl)c(C(=O)C=Nc2c(F)c(F)c(F)c(F)c2F)c1-c1cccc[c]1[Ni]. The van der Waals surface area contributed by atoms with Crippen LogP contribution in [0.5, 0.6) is 5.88 Å². The number of aliphatic imine (C=N–C) groups is 1. The summed E-state index contributed by atoms with van der Waals surface area (Å²) >= 11 is 17.0. The van der Waals surface area contributed by atoms with Crippen molar-refractivity contribution >= 4 is 45.4 Å². The van der Waals surface area contributed by atoms with Gasteiger partial charge in [-0.05, 0) is 0 Å². The standard InChI is InChI=1S/C20H8Cl2F5N2O2.Ni/c1-31-20-10(8-5-3-2-4-6-8)11(12(21)19(22)29-20)9(30)7-28-18-16(26)14(24)13(23)15(25)17(18)27;/h2-5,7H,1H3;. The molecule has 0 unspecified atom stereocenters. The first-order chi connectivity index (χ1) is 15.1. The summed E-state index contributed by atoms with van der Waals surface area (Å²) in [5.74, 6) is -12.4. The predicted octanol–water partition coefficient (Wildman–Crippen LogP) is 5.52. The number of halogens is 7. The molecule has 0 amide bonds. The maximum absolute atomic E-state index is 13.9. The predicted molar refractivity (Wildman–Crippen MR) is 105 cm³/mol. The number of carbonyl (C=O) groups is 1. The molecule has 1 heterocycles. The Hall–Kier alpha value is -2.55. The molecule has 0 spiro atoms. The van der Waals surface area contributed by atoms with Gasteiger partial charge >= 0.3 is 196 Å². The van der Waals surface area contributed by atoms with E-state index in [1.54, 1.807) is 24.3 Å². The molecule has 4 nitrogen and oxygen atoms in total. The maximum atomic E-state index is 13.9. The van der Waals surface area contributed by atoms with Crippen molar-refractivity contribution in [2.75, 3.05) is 7.11 Å². The minimum atomic E-state index is -2.36. The quantitative estimate of drug-likeness (QED) is 0.0827. The number of ketones is 1. The Kier molecular flexibility index (Phi) is 7.17. The summed E-state index contributed by atoms with van der Waals surface area (Å²) in [7, 11) is 1.24. The number of carbonyl (C=O) groups excluding carboxylic acids is 1. The third-order valence-corrected chi connectivity index (χ3v) is 5.29. The molecule has 1 aromatic heterocycles. The van der Waals surface area contributed by atoms with E-state index in [0.717, 1.165) is 0 Å². The van der Waals surface area contributed by atoms with Gasteiger partial charge in [0, 0.05) is 0 Å². The van der Waals surface area contributed by atoms with Gasteiger partial charge in [-0.3, -0.25) is 0 Å². The molecule has 0 N–H and O–H groups in total. The van der Waals surface area contributed by atoms with Crippen molar-refractivity contribution < 1.29 is 46.9 Å². The fraction of sp³-hybridized carbons (Fsp3) is 0.0500. The number of pyridine rings is 1. The average molecular weight is 533 g/mol. The van der Waals surface area contributed by atoms with Crippen molar-refractivity contribution in [1.82, 2.24) is 4.98 Å². The third kappa shape index (κ3) is 4.22.